The number of rotatable bonds is 3. The third-order valence-electron chi connectivity index (χ3n) is 4.10. The van der Waals surface area contributed by atoms with Gasteiger partial charge in [0.15, 0.2) is 0 Å². The van der Waals surface area contributed by atoms with E-state index >= 15 is 0 Å². The lowest BCUT2D eigenvalue weighted by Gasteiger charge is -2.33. The summed E-state index contributed by atoms with van der Waals surface area (Å²) in [7, 11) is 0. The first kappa shape index (κ1) is 15.0. The van der Waals surface area contributed by atoms with Gasteiger partial charge in [0, 0.05) is 18.0 Å². The average molecular weight is 317 g/mol. The minimum atomic E-state index is -0.428. The predicted molar refractivity (Wildman–Crippen MR) is 86.6 cm³/mol. The molecular weight excluding hydrogens is 298 g/mol. The maximum atomic E-state index is 12.4. The second kappa shape index (κ2) is 6.46. The Kier molecular flexibility index (Phi) is 4.40. The van der Waals surface area contributed by atoms with Gasteiger partial charge in [-0.1, -0.05) is 12.1 Å². The molecule has 5 nitrogen and oxygen atoms in total. The standard InChI is InChI=1S/C16H19N3O2S/c17-14-5-1-3-12(18-14)16(21)19-8-6-11(7-9-19)15(20)13-4-2-10-22-13/h1-5,10-11,15,20H,6-9H2,(H2,17,18). The minimum absolute atomic E-state index is 0.0867. The van der Waals surface area contributed by atoms with Crippen LogP contribution in [0.15, 0.2) is 35.7 Å². The van der Waals surface area contributed by atoms with Gasteiger partial charge in [-0.05, 0) is 42.3 Å². The number of carbonyl (C=O) groups excluding carboxylic acids is 1. The quantitative estimate of drug-likeness (QED) is 0.910. The third kappa shape index (κ3) is 3.13. The van der Waals surface area contributed by atoms with E-state index in [1.807, 2.05) is 17.5 Å². The highest BCUT2D eigenvalue weighted by Gasteiger charge is 2.29. The van der Waals surface area contributed by atoms with Gasteiger partial charge in [-0.3, -0.25) is 4.79 Å². The van der Waals surface area contributed by atoms with Gasteiger partial charge in [0.1, 0.15) is 11.5 Å². The van der Waals surface area contributed by atoms with Crippen molar-refractivity contribution in [3.8, 4) is 0 Å². The van der Waals surface area contributed by atoms with Gasteiger partial charge in [0.25, 0.3) is 5.91 Å². The van der Waals surface area contributed by atoms with Crippen LogP contribution >= 0.6 is 11.3 Å². The normalized spacial score (nSPS) is 17.4. The molecule has 22 heavy (non-hydrogen) atoms. The highest BCUT2D eigenvalue weighted by molar-refractivity contribution is 7.10. The maximum absolute atomic E-state index is 12.4. The summed E-state index contributed by atoms with van der Waals surface area (Å²) in [4.78, 5) is 19.3. The summed E-state index contributed by atoms with van der Waals surface area (Å²) in [6.07, 6.45) is 1.17. The molecule has 0 aliphatic carbocycles. The fourth-order valence-electron chi connectivity index (χ4n) is 2.84. The van der Waals surface area contributed by atoms with E-state index in [4.69, 9.17) is 5.73 Å². The molecule has 116 valence electrons. The van der Waals surface area contributed by atoms with Crippen LogP contribution in [0.3, 0.4) is 0 Å². The molecule has 2 aromatic rings. The fourth-order valence-corrected chi connectivity index (χ4v) is 3.65. The predicted octanol–water partition coefficient (Wildman–Crippen LogP) is 2.31. The lowest BCUT2D eigenvalue weighted by atomic mass is 9.90. The van der Waals surface area contributed by atoms with Gasteiger partial charge in [-0.15, -0.1) is 11.3 Å². The Hall–Kier alpha value is -1.92. The smallest absolute Gasteiger partial charge is 0.272 e. The molecule has 1 aliphatic rings. The molecule has 3 heterocycles. The van der Waals surface area contributed by atoms with E-state index in [2.05, 4.69) is 4.98 Å². The van der Waals surface area contributed by atoms with E-state index in [0.717, 1.165) is 17.7 Å². The molecule has 0 saturated carbocycles. The van der Waals surface area contributed by atoms with Crippen LogP contribution in [-0.2, 0) is 0 Å². The second-order valence-electron chi connectivity index (χ2n) is 5.54. The third-order valence-corrected chi connectivity index (χ3v) is 5.04. The molecule has 1 fully saturated rings. The number of nitrogen functional groups attached to an aromatic ring is 1. The molecule has 0 bridgehead atoms. The van der Waals surface area contributed by atoms with Crippen LogP contribution in [0.5, 0.6) is 0 Å². The van der Waals surface area contributed by atoms with E-state index in [-0.39, 0.29) is 11.8 Å². The number of nitrogens with zero attached hydrogens (tertiary/aromatic N) is 2. The maximum Gasteiger partial charge on any atom is 0.272 e. The van der Waals surface area contributed by atoms with Crippen molar-refractivity contribution in [2.24, 2.45) is 5.92 Å². The van der Waals surface area contributed by atoms with Crippen LogP contribution in [0, 0.1) is 5.92 Å². The number of aliphatic hydroxyl groups excluding tert-OH is 1. The first-order chi connectivity index (χ1) is 10.6. The van der Waals surface area contributed by atoms with E-state index < -0.39 is 6.10 Å². The number of aromatic nitrogens is 1. The van der Waals surface area contributed by atoms with Crippen LogP contribution in [0.25, 0.3) is 0 Å². The summed E-state index contributed by atoms with van der Waals surface area (Å²) < 4.78 is 0. The number of hydrogen-bond acceptors (Lipinski definition) is 5. The van der Waals surface area contributed by atoms with E-state index in [1.54, 1.807) is 34.4 Å². The van der Waals surface area contributed by atoms with Crippen molar-refractivity contribution >= 4 is 23.1 Å². The van der Waals surface area contributed by atoms with Gasteiger partial charge < -0.3 is 15.7 Å². The van der Waals surface area contributed by atoms with E-state index in [0.29, 0.717) is 24.6 Å². The molecule has 0 spiro atoms. The zero-order valence-electron chi connectivity index (χ0n) is 12.2. The molecule has 2 aromatic heterocycles. The molecule has 6 heteroatoms. The number of carbonyl (C=O) groups is 1. The lowest BCUT2D eigenvalue weighted by Crippen LogP contribution is -2.40. The van der Waals surface area contributed by atoms with Gasteiger partial charge in [-0.2, -0.15) is 0 Å². The minimum Gasteiger partial charge on any atom is -0.387 e. The number of piperidine rings is 1. The fraction of sp³-hybridized carbons (Fsp3) is 0.375. The monoisotopic (exact) mass is 317 g/mol. The summed E-state index contributed by atoms with van der Waals surface area (Å²) in [6.45, 7) is 1.28. The van der Waals surface area contributed by atoms with Crippen LogP contribution in [0.4, 0.5) is 5.82 Å². The molecule has 1 aliphatic heterocycles. The van der Waals surface area contributed by atoms with Crippen molar-refractivity contribution in [1.82, 2.24) is 9.88 Å². The summed E-state index contributed by atoms with van der Waals surface area (Å²) in [5.41, 5.74) is 6.01. The molecule has 0 aromatic carbocycles. The molecule has 0 radical (unpaired) electrons. The average Bonchev–Trinajstić information content (AvgIpc) is 3.08. The van der Waals surface area contributed by atoms with Crippen LogP contribution in [0.1, 0.15) is 34.3 Å². The molecule has 3 N–H and O–H groups in total. The number of anilines is 1. The first-order valence-electron chi connectivity index (χ1n) is 7.38. The van der Waals surface area contributed by atoms with Crippen LogP contribution in [-0.4, -0.2) is 34.0 Å². The van der Waals surface area contributed by atoms with Gasteiger partial charge in [0.05, 0.1) is 6.10 Å². The Balaban J connectivity index is 1.61. The topological polar surface area (TPSA) is 79.5 Å². The van der Waals surface area contributed by atoms with Crippen molar-refractivity contribution in [3.05, 3.63) is 46.3 Å². The van der Waals surface area contributed by atoms with Crippen molar-refractivity contribution in [2.75, 3.05) is 18.8 Å². The Morgan fingerprint density at radius 3 is 2.73 bits per heavy atom. The zero-order valence-corrected chi connectivity index (χ0v) is 13.0. The summed E-state index contributed by atoms with van der Waals surface area (Å²) in [5.74, 6) is 0.474. The highest BCUT2D eigenvalue weighted by atomic mass is 32.1. The molecule has 1 unspecified atom stereocenters. The highest BCUT2D eigenvalue weighted by Crippen LogP contribution is 2.33. The number of thiophene rings is 1. The van der Waals surface area contributed by atoms with Crippen molar-refractivity contribution in [2.45, 2.75) is 18.9 Å². The molecular formula is C16H19N3O2S. The zero-order chi connectivity index (χ0) is 15.5. The van der Waals surface area contributed by atoms with Crippen LogP contribution < -0.4 is 5.73 Å². The van der Waals surface area contributed by atoms with Gasteiger partial charge >= 0.3 is 0 Å². The Morgan fingerprint density at radius 1 is 1.32 bits per heavy atom. The van der Waals surface area contributed by atoms with E-state index in [1.165, 1.54) is 0 Å². The number of hydrogen-bond donors (Lipinski definition) is 2. The Morgan fingerprint density at radius 2 is 2.09 bits per heavy atom. The molecule has 3 rings (SSSR count). The van der Waals surface area contributed by atoms with Crippen molar-refractivity contribution in [3.63, 3.8) is 0 Å². The Labute approximate surface area is 133 Å². The molecule has 1 saturated heterocycles. The van der Waals surface area contributed by atoms with Gasteiger partial charge in [-0.25, -0.2) is 4.98 Å². The summed E-state index contributed by atoms with van der Waals surface area (Å²) in [5, 5.41) is 12.4. The molecule has 1 amide bonds. The lowest BCUT2D eigenvalue weighted by molar-refractivity contribution is 0.0470. The van der Waals surface area contributed by atoms with Crippen molar-refractivity contribution in [1.29, 1.82) is 0 Å². The molecule has 1 atom stereocenters. The van der Waals surface area contributed by atoms with Crippen molar-refractivity contribution < 1.29 is 9.90 Å². The van der Waals surface area contributed by atoms with Gasteiger partial charge in [0.2, 0.25) is 0 Å². The summed E-state index contributed by atoms with van der Waals surface area (Å²) >= 11 is 1.58. The van der Waals surface area contributed by atoms with Crippen LogP contribution in [0.2, 0.25) is 0 Å². The number of pyridine rings is 1. The number of aliphatic hydroxyl groups is 1. The SMILES string of the molecule is Nc1cccc(C(=O)N2CCC(C(O)c3cccs3)CC2)n1. The first-order valence-corrected chi connectivity index (χ1v) is 8.26. The summed E-state index contributed by atoms with van der Waals surface area (Å²) in [6, 6.07) is 9.01. The Bertz CT molecular complexity index is 637. The second-order valence-corrected chi connectivity index (χ2v) is 6.52. The number of amides is 1. The number of likely N-dealkylation sites (tertiary alicyclic amines) is 1. The largest absolute Gasteiger partial charge is 0.387 e. The van der Waals surface area contributed by atoms with E-state index in [9.17, 15) is 9.90 Å². The number of nitrogens with two attached hydrogens (primary N) is 1.